The summed E-state index contributed by atoms with van der Waals surface area (Å²) < 4.78 is 7.62. The minimum Gasteiger partial charge on any atom is -0.376 e. The van der Waals surface area contributed by atoms with Crippen LogP contribution in [-0.4, -0.2) is 27.5 Å². The summed E-state index contributed by atoms with van der Waals surface area (Å²) in [6.45, 7) is 2.99. The molecule has 1 aromatic rings. The van der Waals surface area contributed by atoms with E-state index in [1.165, 1.54) is 0 Å². The Morgan fingerprint density at radius 3 is 3.29 bits per heavy atom. The number of aromatic nitrogens is 3. The molecule has 0 amide bonds. The van der Waals surface area contributed by atoms with Gasteiger partial charge in [0.25, 0.3) is 0 Å². The third-order valence-electron chi connectivity index (χ3n) is 2.71. The highest BCUT2D eigenvalue weighted by Crippen LogP contribution is 2.24. The molecule has 0 saturated carbocycles. The van der Waals surface area contributed by atoms with E-state index in [0.29, 0.717) is 5.88 Å². The van der Waals surface area contributed by atoms with Crippen molar-refractivity contribution in [2.75, 3.05) is 6.61 Å². The van der Waals surface area contributed by atoms with Gasteiger partial charge in [0.15, 0.2) is 0 Å². The number of ether oxygens (including phenoxy) is 1. The van der Waals surface area contributed by atoms with E-state index in [9.17, 15) is 0 Å². The maximum absolute atomic E-state index is 5.76. The Bertz CT molecular complexity index is 296. The highest BCUT2D eigenvalue weighted by atomic mass is 35.5. The molecule has 2 rings (SSSR count). The Balaban J connectivity index is 2.12. The van der Waals surface area contributed by atoms with Crippen LogP contribution in [0, 0.1) is 0 Å². The van der Waals surface area contributed by atoms with Gasteiger partial charge in [0.05, 0.1) is 18.0 Å². The first-order chi connectivity index (χ1) is 6.83. The smallest absolute Gasteiger partial charge is 0.148 e. The summed E-state index contributed by atoms with van der Waals surface area (Å²) in [7, 11) is 0. The van der Waals surface area contributed by atoms with E-state index < -0.39 is 0 Å². The third kappa shape index (κ3) is 1.77. The van der Waals surface area contributed by atoms with Crippen molar-refractivity contribution in [1.82, 2.24) is 14.8 Å². The predicted molar refractivity (Wildman–Crippen MR) is 53.3 cm³/mol. The number of hydrogen-bond donors (Lipinski definition) is 0. The first kappa shape index (κ1) is 9.93. The molecule has 0 radical (unpaired) electrons. The number of rotatable bonds is 3. The average Bonchev–Trinajstić information content (AvgIpc) is 2.87. The van der Waals surface area contributed by atoms with Crippen molar-refractivity contribution in [2.24, 2.45) is 0 Å². The van der Waals surface area contributed by atoms with Gasteiger partial charge in [-0.2, -0.15) is 0 Å². The molecule has 0 spiro atoms. The SMILES string of the molecule is CC(C1CCCO1)n1cnnc1CCl. The second-order valence-electron chi connectivity index (χ2n) is 3.58. The van der Waals surface area contributed by atoms with Crippen molar-refractivity contribution in [3.05, 3.63) is 12.2 Å². The molecule has 0 N–H and O–H groups in total. The summed E-state index contributed by atoms with van der Waals surface area (Å²) in [5.74, 6) is 1.21. The van der Waals surface area contributed by atoms with Crippen LogP contribution < -0.4 is 0 Å². The molecule has 2 unspecified atom stereocenters. The van der Waals surface area contributed by atoms with Gasteiger partial charge in [0.2, 0.25) is 0 Å². The Morgan fingerprint density at radius 2 is 2.64 bits per heavy atom. The van der Waals surface area contributed by atoms with Crippen molar-refractivity contribution in [3.63, 3.8) is 0 Å². The minimum absolute atomic E-state index is 0.279. The zero-order chi connectivity index (χ0) is 9.97. The molecule has 0 aliphatic carbocycles. The molecule has 14 heavy (non-hydrogen) atoms. The Kier molecular flexibility index (Phi) is 3.03. The van der Waals surface area contributed by atoms with E-state index in [2.05, 4.69) is 17.1 Å². The van der Waals surface area contributed by atoms with Gasteiger partial charge in [-0.1, -0.05) is 0 Å². The maximum atomic E-state index is 5.76. The first-order valence-electron chi connectivity index (χ1n) is 4.89. The lowest BCUT2D eigenvalue weighted by Crippen LogP contribution is -2.21. The van der Waals surface area contributed by atoms with Crippen molar-refractivity contribution < 1.29 is 4.74 Å². The number of nitrogens with zero attached hydrogens (tertiary/aromatic N) is 3. The largest absolute Gasteiger partial charge is 0.376 e. The molecular formula is C9H14ClN3O. The molecule has 1 aliphatic heterocycles. The van der Waals surface area contributed by atoms with Gasteiger partial charge in [-0.05, 0) is 19.8 Å². The molecule has 1 aliphatic rings. The van der Waals surface area contributed by atoms with Crippen LogP contribution in [0.15, 0.2) is 6.33 Å². The number of alkyl halides is 1. The normalized spacial score (nSPS) is 24.0. The molecule has 1 aromatic heterocycles. The van der Waals surface area contributed by atoms with Gasteiger partial charge in [-0.15, -0.1) is 21.8 Å². The van der Waals surface area contributed by atoms with Crippen LogP contribution >= 0.6 is 11.6 Å². The summed E-state index contributed by atoms with van der Waals surface area (Å²) in [4.78, 5) is 0. The van der Waals surface area contributed by atoms with Gasteiger partial charge in [-0.3, -0.25) is 0 Å². The molecule has 2 heterocycles. The fourth-order valence-corrected chi connectivity index (χ4v) is 2.06. The summed E-state index contributed by atoms with van der Waals surface area (Å²) in [6.07, 6.45) is 4.27. The Morgan fingerprint density at radius 1 is 1.79 bits per heavy atom. The topological polar surface area (TPSA) is 39.9 Å². The summed E-state index contributed by atoms with van der Waals surface area (Å²) in [5, 5.41) is 7.81. The van der Waals surface area contributed by atoms with E-state index in [1.54, 1.807) is 6.33 Å². The van der Waals surface area contributed by atoms with Crippen molar-refractivity contribution in [3.8, 4) is 0 Å². The van der Waals surface area contributed by atoms with Crippen molar-refractivity contribution in [2.45, 2.75) is 37.8 Å². The highest BCUT2D eigenvalue weighted by molar-refractivity contribution is 6.16. The second-order valence-corrected chi connectivity index (χ2v) is 3.85. The maximum Gasteiger partial charge on any atom is 0.148 e. The van der Waals surface area contributed by atoms with Crippen LogP contribution in [0.5, 0.6) is 0 Å². The van der Waals surface area contributed by atoms with Crippen molar-refractivity contribution in [1.29, 1.82) is 0 Å². The van der Waals surface area contributed by atoms with Gasteiger partial charge >= 0.3 is 0 Å². The van der Waals surface area contributed by atoms with E-state index in [4.69, 9.17) is 16.3 Å². The van der Waals surface area contributed by atoms with Gasteiger partial charge < -0.3 is 9.30 Å². The summed E-state index contributed by atoms with van der Waals surface area (Å²) in [6, 6.07) is 0.279. The van der Waals surface area contributed by atoms with E-state index in [0.717, 1.165) is 25.3 Å². The zero-order valence-electron chi connectivity index (χ0n) is 8.19. The van der Waals surface area contributed by atoms with Gasteiger partial charge in [0.1, 0.15) is 12.2 Å². The molecule has 5 heteroatoms. The van der Waals surface area contributed by atoms with Crippen LogP contribution in [0.4, 0.5) is 0 Å². The van der Waals surface area contributed by atoms with E-state index in [1.807, 2.05) is 4.57 Å². The summed E-state index contributed by atoms with van der Waals surface area (Å²) in [5.41, 5.74) is 0. The highest BCUT2D eigenvalue weighted by Gasteiger charge is 2.24. The number of halogens is 1. The Labute approximate surface area is 88.2 Å². The second kappa shape index (κ2) is 4.28. The monoisotopic (exact) mass is 215 g/mol. The van der Waals surface area contributed by atoms with E-state index >= 15 is 0 Å². The molecule has 78 valence electrons. The van der Waals surface area contributed by atoms with Crippen LogP contribution in [0.2, 0.25) is 0 Å². The lowest BCUT2D eigenvalue weighted by atomic mass is 10.1. The van der Waals surface area contributed by atoms with Crippen molar-refractivity contribution >= 4 is 11.6 Å². The molecule has 2 atom stereocenters. The van der Waals surface area contributed by atoms with Crippen LogP contribution in [0.3, 0.4) is 0 Å². The average molecular weight is 216 g/mol. The van der Waals surface area contributed by atoms with E-state index in [-0.39, 0.29) is 12.1 Å². The molecular weight excluding hydrogens is 202 g/mol. The molecule has 0 aromatic carbocycles. The first-order valence-corrected chi connectivity index (χ1v) is 5.42. The minimum atomic E-state index is 0.279. The summed E-state index contributed by atoms with van der Waals surface area (Å²) >= 11 is 5.76. The Hall–Kier alpha value is -0.610. The van der Waals surface area contributed by atoms with Gasteiger partial charge in [0, 0.05) is 6.61 Å². The standard InChI is InChI=1S/C9H14ClN3O/c1-7(8-3-2-4-14-8)13-6-11-12-9(13)5-10/h6-8H,2-5H2,1H3. The molecule has 1 saturated heterocycles. The lowest BCUT2D eigenvalue weighted by molar-refractivity contribution is 0.0724. The number of hydrogen-bond acceptors (Lipinski definition) is 3. The van der Waals surface area contributed by atoms with Crippen LogP contribution in [0.1, 0.15) is 31.6 Å². The zero-order valence-corrected chi connectivity index (χ0v) is 8.94. The molecule has 0 bridgehead atoms. The van der Waals surface area contributed by atoms with Gasteiger partial charge in [-0.25, -0.2) is 0 Å². The lowest BCUT2D eigenvalue weighted by Gasteiger charge is -2.20. The fourth-order valence-electron chi connectivity index (χ4n) is 1.86. The third-order valence-corrected chi connectivity index (χ3v) is 2.95. The quantitative estimate of drug-likeness (QED) is 0.722. The van der Waals surface area contributed by atoms with Crippen LogP contribution in [0.25, 0.3) is 0 Å². The van der Waals surface area contributed by atoms with Crippen LogP contribution in [-0.2, 0) is 10.6 Å². The molecule has 1 fully saturated rings. The predicted octanol–water partition coefficient (Wildman–Crippen LogP) is 1.76. The fraction of sp³-hybridized carbons (Fsp3) is 0.778. The molecule has 4 nitrogen and oxygen atoms in total.